The van der Waals surface area contributed by atoms with Gasteiger partial charge in [0.1, 0.15) is 11.9 Å². The third-order valence-electron chi connectivity index (χ3n) is 6.25. The fourth-order valence-corrected chi connectivity index (χ4v) is 4.53. The Bertz CT molecular complexity index is 583. The normalized spacial score (nSPS) is 18.9. The quantitative estimate of drug-likeness (QED) is 0.215. The zero-order chi connectivity index (χ0) is 21.4. The van der Waals surface area contributed by atoms with Gasteiger partial charge in [0.05, 0.1) is 6.61 Å². The molecule has 2 unspecified atom stereocenters. The minimum absolute atomic E-state index is 0.00353. The molecule has 2 rings (SSSR count). The second kappa shape index (κ2) is 15.3. The fourth-order valence-electron chi connectivity index (χ4n) is 4.53. The predicted molar refractivity (Wildman–Crippen MR) is 125 cm³/mol. The molecule has 0 amide bonds. The Morgan fingerprint density at radius 1 is 0.867 bits per heavy atom. The maximum atomic E-state index is 12.5. The van der Waals surface area contributed by atoms with Gasteiger partial charge in [-0.2, -0.15) is 0 Å². The molecule has 3 nitrogen and oxygen atoms in total. The van der Waals surface area contributed by atoms with Crippen LogP contribution >= 0.6 is 0 Å². The van der Waals surface area contributed by atoms with Crippen molar-refractivity contribution in [1.29, 1.82) is 0 Å². The average Bonchev–Trinajstić information content (AvgIpc) is 2.77. The zero-order valence-electron chi connectivity index (χ0n) is 19.5. The van der Waals surface area contributed by atoms with Gasteiger partial charge >= 0.3 is 5.97 Å². The lowest BCUT2D eigenvalue weighted by Gasteiger charge is -2.32. The van der Waals surface area contributed by atoms with Gasteiger partial charge in [0.15, 0.2) is 0 Å². The van der Waals surface area contributed by atoms with Crippen LogP contribution in [0.25, 0.3) is 0 Å². The van der Waals surface area contributed by atoms with Crippen molar-refractivity contribution in [2.24, 2.45) is 0 Å². The lowest BCUT2D eigenvalue weighted by Crippen LogP contribution is -2.29. The van der Waals surface area contributed by atoms with Gasteiger partial charge < -0.3 is 9.47 Å². The Morgan fingerprint density at radius 3 is 2.27 bits per heavy atom. The van der Waals surface area contributed by atoms with E-state index in [-0.39, 0.29) is 18.0 Å². The van der Waals surface area contributed by atoms with E-state index in [0.29, 0.717) is 6.42 Å². The third-order valence-corrected chi connectivity index (χ3v) is 6.25. The van der Waals surface area contributed by atoms with Crippen molar-refractivity contribution >= 4 is 5.97 Å². The van der Waals surface area contributed by atoms with Crippen LogP contribution in [0.4, 0.5) is 0 Å². The van der Waals surface area contributed by atoms with E-state index in [1.54, 1.807) is 0 Å². The molecule has 3 heteroatoms. The minimum atomic E-state index is -0.0122. The van der Waals surface area contributed by atoms with Gasteiger partial charge in [-0.05, 0) is 38.2 Å². The number of benzene rings is 1. The monoisotopic (exact) mass is 416 g/mol. The van der Waals surface area contributed by atoms with E-state index < -0.39 is 0 Å². The summed E-state index contributed by atoms with van der Waals surface area (Å²) in [6.45, 7) is 5.11. The number of esters is 1. The highest BCUT2D eigenvalue weighted by molar-refractivity contribution is 5.69. The Balaban J connectivity index is 1.74. The second-order valence-corrected chi connectivity index (χ2v) is 8.88. The largest absolute Gasteiger partial charge is 0.493 e. The molecule has 0 aromatic heterocycles. The zero-order valence-corrected chi connectivity index (χ0v) is 19.5. The first-order valence-corrected chi connectivity index (χ1v) is 12.7. The lowest BCUT2D eigenvalue weighted by molar-refractivity contribution is -0.151. The highest BCUT2D eigenvalue weighted by Crippen LogP contribution is 2.39. The fraction of sp³-hybridized carbons (Fsp3) is 0.741. The summed E-state index contributed by atoms with van der Waals surface area (Å²) in [5.41, 5.74) is 1.21. The molecule has 1 aromatic rings. The molecule has 1 aliphatic rings. The Kier molecular flexibility index (Phi) is 12.6. The average molecular weight is 417 g/mol. The molecule has 0 saturated heterocycles. The number of hydrogen-bond donors (Lipinski definition) is 0. The van der Waals surface area contributed by atoms with Crippen LogP contribution in [-0.4, -0.2) is 18.7 Å². The summed E-state index contributed by atoms with van der Waals surface area (Å²) in [7, 11) is 0. The standard InChI is InChI=1S/C27H44O3/c1-3-5-6-7-8-9-10-11-12-21-27(28)30-26-20-16-14-18-24(26)23-17-13-15-19-25(23)29-22-4-2/h13,15,17,19,24,26H,3-12,14,16,18,20-22H2,1-2H3. The Labute approximate surface area is 184 Å². The summed E-state index contributed by atoms with van der Waals surface area (Å²) in [4.78, 5) is 12.5. The van der Waals surface area contributed by atoms with E-state index in [0.717, 1.165) is 50.9 Å². The van der Waals surface area contributed by atoms with Gasteiger partial charge in [-0.3, -0.25) is 4.79 Å². The van der Waals surface area contributed by atoms with Crippen LogP contribution in [0, 0.1) is 0 Å². The molecule has 2 atom stereocenters. The van der Waals surface area contributed by atoms with Crippen LogP contribution < -0.4 is 4.74 Å². The van der Waals surface area contributed by atoms with E-state index in [4.69, 9.17) is 9.47 Å². The predicted octanol–water partition coefficient (Wildman–Crippen LogP) is 7.97. The van der Waals surface area contributed by atoms with Crippen LogP contribution in [0.3, 0.4) is 0 Å². The topological polar surface area (TPSA) is 35.5 Å². The van der Waals surface area contributed by atoms with E-state index >= 15 is 0 Å². The Hall–Kier alpha value is -1.51. The third kappa shape index (κ3) is 9.10. The van der Waals surface area contributed by atoms with Crippen LogP contribution in [0.2, 0.25) is 0 Å². The maximum Gasteiger partial charge on any atom is 0.306 e. The van der Waals surface area contributed by atoms with Crippen molar-refractivity contribution in [3.05, 3.63) is 29.8 Å². The summed E-state index contributed by atoms with van der Waals surface area (Å²) in [6.07, 6.45) is 17.3. The summed E-state index contributed by atoms with van der Waals surface area (Å²) < 4.78 is 12.0. The lowest BCUT2D eigenvalue weighted by atomic mass is 9.81. The maximum absolute atomic E-state index is 12.5. The van der Waals surface area contributed by atoms with Gasteiger partial charge in [0.25, 0.3) is 0 Å². The molecule has 0 spiro atoms. The number of ether oxygens (including phenoxy) is 2. The van der Waals surface area contributed by atoms with Crippen molar-refractivity contribution < 1.29 is 14.3 Å². The van der Waals surface area contributed by atoms with Gasteiger partial charge in [-0.1, -0.05) is 89.8 Å². The summed E-state index contributed by atoms with van der Waals surface area (Å²) in [5.74, 6) is 1.21. The highest BCUT2D eigenvalue weighted by atomic mass is 16.5. The Morgan fingerprint density at radius 2 is 1.53 bits per heavy atom. The minimum Gasteiger partial charge on any atom is -0.493 e. The van der Waals surface area contributed by atoms with Crippen molar-refractivity contribution in [2.45, 2.75) is 122 Å². The van der Waals surface area contributed by atoms with Gasteiger partial charge in [-0.15, -0.1) is 0 Å². The molecule has 0 aliphatic heterocycles. The molecular weight excluding hydrogens is 372 g/mol. The molecule has 1 aromatic carbocycles. The molecule has 170 valence electrons. The first-order valence-electron chi connectivity index (χ1n) is 12.7. The first-order chi connectivity index (χ1) is 14.8. The number of carbonyl (C=O) groups excluding carboxylic acids is 1. The molecule has 0 bridgehead atoms. The van der Waals surface area contributed by atoms with Crippen LogP contribution in [-0.2, 0) is 9.53 Å². The van der Waals surface area contributed by atoms with Crippen LogP contribution in [0.5, 0.6) is 5.75 Å². The molecule has 0 heterocycles. The molecule has 0 radical (unpaired) electrons. The van der Waals surface area contributed by atoms with Crippen molar-refractivity contribution in [1.82, 2.24) is 0 Å². The van der Waals surface area contributed by atoms with E-state index in [1.807, 2.05) is 6.07 Å². The molecule has 0 N–H and O–H groups in total. The molecule has 30 heavy (non-hydrogen) atoms. The van der Waals surface area contributed by atoms with Gasteiger partial charge in [-0.25, -0.2) is 0 Å². The van der Waals surface area contributed by atoms with Crippen LogP contribution in [0.1, 0.15) is 122 Å². The number of para-hydroxylation sites is 1. The van der Waals surface area contributed by atoms with Crippen molar-refractivity contribution in [2.75, 3.05) is 6.61 Å². The summed E-state index contributed by atoms with van der Waals surface area (Å²) >= 11 is 0. The molecular formula is C27H44O3. The van der Waals surface area contributed by atoms with Crippen LogP contribution in [0.15, 0.2) is 24.3 Å². The van der Waals surface area contributed by atoms with E-state index in [1.165, 1.54) is 56.9 Å². The number of unbranched alkanes of at least 4 members (excludes halogenated alkanes) is 8. The number of rotatable bonds is 15. The second-order valence-electron chi connectivity index (χ2n) is 8.88. The van der Waals surface area contributed by atoms with Gasteiger partial charge in [0, 0.05) is 17.9 Å². The number of carbonyl (C=O) groups is 1. The molecule has 1 aliphatic carbocycles. The van der Waals surface area contributed by atoms with Crippen molar-refractivity contribution in [3.63, 3.8) is 0 Å². The molecule has 1 fully saturated rings. The smallest absolute Gasteiger partial charge is 0.306 e. The highest BCUT2D eigenvalue weighted by Gasteiger charge is 2.31. The molecule has 1 saturated carbocycles. The van der Waals surface area contributed by atoms with Gasteiger partial charge in [0.2, 0.25) is 0 Å². The first kappa shape index (κ1) is 24.8. The van der Waals surface area contributed by atoms with E-state index in [9.17, 15) is 4.79 Å². The number of hydrogen-bond acceptors (Lipinski definition) is 3. The summed E-state index contributed by atoms with van der Waals surface area (Å²) in [5, 5.41) is 0. The van der Waals surface area contributed by atoms with Crippen molar-refractivity contribution in [3.8, 4) is 5.75 Å². The van der Waals surface area contributed by atoms with E-state index in [2.05, 4.69) is 32.0 Å². The SMILES string of the molecule is CCCCCCCCCCCC(=O)OC1CCCCC1c1ccccc1OCCC. The summed E-state index contributed by atoms with van der Waals surface area (Å²) in [6, 6.07) is 8.31.